The number of benzene rings is 1. The van der Waals surface area contributed by atoms with Crippen molar-refractivity contribution in [1.82, 2.24) is 0 Å². The predicted molar refractivity (Wildman–Crippen MR) is 56.0 cm³/mol. The normalized spacial score (nSPS) is 17.9. The van der Waals surface area contributed by atoms with E-state index in [0.717, 1.165) is 5.56 Å². The van der Waals surface area contributed by atoms with Crippen LogP contribution in [-0.2, 0) is 9.53 Å². The zero-order chi connectivity index (χ0) is 11.5. The summed E-state index contributed by atoms with van der Waals surface area (Å²) in [5, 5.41) is 8.81. The molecular weight excluding hydrogens is 206 g/mol. The van der Waals surface area contributed by atoms with Crippen LogP contribution in [-0.4, -0.2) is 19.7 Å². The van der Waals surface area contributed by atoms with Gasteiger partial charge >= 0.3 is 5.97 Å². The Morgan fingerprint density at radius 3 is 3.12 bits per heavy atom. The second-order valence-electron chi connectivity index (χ2n) is 3.58. The standard InChI is InChI=1S/C12H11NO3/c1-15-12(14)9-4-5-16-11-3-2-8(7-13)6-10(9)11/h2-3,6,9H,4-5H2,1H3. The van der Waals surface area contributed by atoms with Crippen LogP contribution < -0.4 is 4.74 Å². The quantitative estimate of drug-likeness (QED) is 0.670. The first-order valence-corrected chi connectivity index (χ1v) is 5.01. The van der Waals surface area contributed by atoms with Crippen LogP contribution in [0.15, 0.2) is 18.2 Å². The van der Waals surface area contributed by atoms with Gasteiger partial charge in [-0.1, -0.05) is 0 Å². The molecule has 0 aromatic heterocycles. The molecule has 4 nitrogen and oxygen atoms in total. The molecule has 4 heteroatoms. The SMILES string of the molecule is COC(=O)C1CCOc2ccc(C#N)cc21. The Morgan fingerprint density at radius 2 is 2.44 bits per heavy atom. The van der Waals surface area contributed by atoms with Gasteiger partial charge in [0.05, 0.1) is 31.3 Å². The number of methoxy groups -OCH3 is 1. The van der Waals surface area contributed by atoms with Gasteiger partial charge in [-0.3, -0.25) is 4.79 Å². The molecule has 2 rings (SSSR count). The van der Waals surface area contributed by atoms with Crippen LogP contribution in [0.4, 0.5) is 0 Å². The number of nitriles is 1. The van der Waals surface area contributed by atoms with Gasteiger partial charge in [0.25, 0.3) is 0 Å². The van der Waals surface area contributed by atoms with E-state index in [4.69, 9.17) is 14.7 Å². The highest BCUT2D eigenvalue weighted by atomic mass is 16.5. The molecule has 1 aromatic carbocycles. The number of ether oxygens (including phenoxy) is 2. The summed E-state index contributed by atoms with van der Waals surface area (Å²) in [5.74, 6) is 0.0716. The summed E-state index contributed by atoms with van der Waals surface area (Å²) in [6.45, 7) is 0.499. The lowest BCUT2D eigenvalue weighted by Crippen LogP contribution is -2.22. The molecule has 0 N–H and O–H groups in total. The molecule has 0 aliphatic carbocycles. The molecule has 82 valence electrons. The molecule has 0 fully saturated rings. The van der Waals surface area contributed by atoms with E-state index in [1.807, 2.05) is 6.07 Å². The maximum atomic E-state index is 11.6. The summed E-state index contributed by atoms with van der Waals surface area (Å²) in [6.07, 6.45) is 0.592. The molecule has 16 heavy (non-hydrogen) atoms. The fraction of sp³-hybridized carbons (Fsp3) is 0.333. The van der Waals surface area contributed by atoms with E-state index in [1.165, 1.54) is 7.11 Å². The number of carbonyl (C=O) groups is 1. The number of rotatable bonds is 1. The molecule has 0 radical (unpaired) electrons. The Hall–Kier alpha value is -2.02. The number of hydrogen-bond acceptors (Lipinski definition) is 4. The summed E-state index contributed by atoms with van der Waals surface area (Å²) in [4.78, 5) is 11.6. The van der Waals surface area contributed by atoms with Crippen LogP contribution in [0.3, 0.4) is 0 Å². The molecule has 0 saturated heterocycles. The highest BCUT2D eigenvalue weighted by Crippen LogP contribution is 2.34. The summed E-state index contributed by atoms with van der Waals surface area (Å²) in [5.41, 5.74) is 1.27. The van der Waals surface area contributed by atoms with Crippen LogP contribution in [0.25, 0.3) is 0 Å². The van der Waals surface area contributed by atoms with Gasteiger partial charge in [-0.05, 0) is 24.6 Å². The third-order valence-electron chi connectivity index (χ3n) is 2.66. The van der Waals surface area contributed by atoms with Crippen molar-refractivity contribution in [2.75, 3.05) is 13.7 Å². The van der Waals surface area contributed by atoms with Crippen LogP contribution in [0.2, 0.25) is 0 Å². The Kier molecular flexibility index (Phi) is 2.78. The predicted octanol–water partition coefficient (Wildman–Crippen LogP) is 1.60. The average Bonchev–Trinajstić information content (AvgIpc) is 2.36. The van der Waals surface area contributed by atoms with Gasteiger partial charge in [0.1, 0.15) is 5.75 Å². The molecule has 0 saturated carbocycles. The van der Waals surface area contributed by atoms with Gasteiger partial charge in [-0.2, -0.15) is 5.26 Å². The topological polar surface area (TPSA) is 59.3 Å². The second-order valence-corrected chi connectivity index (χ2v) is 3.58. The zero-order valence-electron chi connectivity index (χ0n) is 8.90. The minimum Gasteiger partial charge on any atom is -0.493 e. The lowest BCUT2D eigenvalue weighted by Gasteiger charge is -2.24. The number of fused-ring (bicyclic) bond motifs is 1. The summed E-state index contributed by atoms with van der Waals surface area (Å²) in [6, 6.07) is 7.14. The van der Waals surface area contributed by atoms with Crippen LogP contribution in [0.1, 0.15) is 23.5 Å². The maximum absolute atomic E-state index is 11.6. The molecule has 1 unspecified atom stereocenters. The van der Waals surface area contributed by atoms with E-state index in [2.05, 4.69) is 0 Å². The van der Waals surface area contributed by atoms with Crippen LogP contribution >= 0.6 is 0 Å². The maximum Gasteiger partial charge on any atom is 0.313 e. The first-order valence-electron chi connectivity index (χ1n) is 5.01. The molecule has 1 heterocycles. The van der Waals surface area contributed by atoms with Gasteiger partial charge in [0.15, 0.2) is 0 Å². The molecule has 0 bridgehead atoms. The molecule has 0 amide bonds. The van der Waals surface area contributed by atoms with Crippen molar-refractivity contribution in [1.29, 1.82) is 5.26 Å². The van der Waals surface area contributed by atoms with Crippen molar-refractivity contribution in [2.45, 2.75) is 12.3 Å². The second kappa shape index (κ2) is 4.23. The summed E-state index contributed by atoms with van der Waals surface area (Å²) >= 11 is 0. The van der Waals surface area contributed by atoms with Gasteiger partial charge < -0.3 is 9.47 Å². The molecule has 0 spiro atoms. The summed E-state index contributed by atoms with van der Waals surface area (Å²) < 4.78 is 10.2. The first kappa shape index (κ1) is 10.5. The average molecular weight is 217 g/mol. The molecule has 1 aliphatic heterocycles. The Balaban J connectivity index is 2.44. The van der Waals surface area contributed by atoms with Crippen LogP contribution in [0.5, 0.6) is 5.75 Å². The van der Waals surface area contributed by atoms with Crippen molar-refractivity contribution in [2.24, 2.45) is 0 Å². The zero-order valence-corrected chi connectivity index (χ0v) is 8.90. The van der Waals surface area contributed by atoms with Crippen molar-refractivity contribution < 1.29 is 14.3 Å². The Bertz CT molecular complexity index is 462. The highest BCUT2D eigenvalue weighted by molar-refractivity contribution is 5.79. The lowest BCUT2D eigenvalue weighted by atomic mass is 9.92. The fourth-order valence-corrected chi connectivity index (χ4v) is 1.85. The largest absolute Gasteiger partial charge is 0.493 e. The van der Waals surface area contributed by atoms with Crippen LogP contribution in [0, 0.1) is 11.3 Å². The van der Waals surface area contributed by atoms with Gasteiger partial charge in [-0.15, -0.1) is 0 Å². The van der Waals surface area contributed by atoms with E-state index < -0.39 is 0 Å². The number of carbonyl (C=O) groups excluding carboxylic acids is 1. The van der Waals surface area contributed by atoms with Crippen molar-refractivity contribution in [3.8, 4) is 11.8 Å². The third-order valence-corrected chi connectivity index (χ3v) is 2.66. The van der Waals surface area contributed by atoms with E-state index in [0.29, 0.717) is 24.3 Å². The van der Waals surface area contributed by atoms with E-state index >= 15 is 0 Å². The monoisotopic (exact) mass is 217 g/mol. The minimum atomic E-state index is -0.318. The molecule has 1 aromatic rings. The van der Waals surface area contributed by atoms with Crippen molar-refractivity contribution in [3.63, 3.8) is 0 Å². The van der Waals surface area contributed by atoms with Gasteiger partial charge in [-0.25, -0.2) is 0 Å². The van der Waals surface area contributed by atoms with Crippen molar-refractivity contribution >= 4 is 5.97 Å². The molecule has 1 atom stereocenters. The van der Waals surface area contributed by atoms with Gasteiger partial charge in [0, 0.05) is 5.56 Å². The smallest absolute Gasteiger partial charge is 0.313 e. The fourth-order valence-electron chi connectivity index (χ4n) is 1.85. The van der Waals surface area contributed by atoms with E-state index in [9.17, 15) is 4.79 Å². The van der Waals surface area contributed by atoms with E-state index in [-0.39, 0.29) is 11.9 Å². The molecule has 1 aliphatic rings. The number of nitrogens with zero attached hydrogens (tertiary/aromatic N) is 1. The molecular formula is C12H11NO3. The Labute approximate surface area is 93.4 Å². The number of hydrogen-bond donors (Lipinski definition) is 0. The van der Waals surface area contributed by atoms with E-state index in [1.54, 1.807) is 18.2 Å². The van der Waals surface area contributed by atoms with Crippen molar-refractivity contribution in [3.05, 3.63) is 29.3 Å². The highest BCUT2D eigenvalue weighted by Gasteiger charge is 2.28. The number of esters is 1. The summed E-state index contributed by atoms with van der Waals surface area (Å²) in [7, 11) is 1.37. The lowest BCUT2D eigenvalue weighted by molar-refractivity contribution is -0.143. The Morgan fingerprint density at radius 1 is 1.62 bits per heavy atom. The minimum absolute atomic E-state index is 0.278. The van der Waals surface area contributed by atoms with Gasteiger partial charge in [0.2, 0.25) is 0 Å². The first-order chi connectivity index (χ1) is 7.76. The third kappa shape index (κ3) is 1.72.